The Labute approximate surface area is 181 Å². The van der Waals surface area contributed by atoms with Crippen LogP contribution in [0.15, 0.2) is 72.8 Å². The number of nitrogens with zero attached hydrogens (tertiary/aromatic N) is 1. The van der Waals surface area contributed by atoms with Crippen molar-refractivity contribution in [3.8, 4) is 11.5 Å². The molecule has 3 aromatic rings. The zero-order valence-electron chi connectivity index (χ0n) is 17.3. The summed E-state index contributed by atoms with van der Waals surface area (Å²) in [5.41, 5.74) is 3.29. The maximum atomic E-state index is 12.5. The van der Waals surface area contributed by atoms with Gasteiger partial charge in [0.25, 0.3) is 5.91 Å². The molecular formula is C25H24N2O4. The zero-order valence-corrected chi connectivity index (χ0v) is 17.3. The van der Waals surface area contributed by atoms with Gasteiger partial charge in [-0.05, 0) is 48.4 Å². The van der Waals surface area contributed by atoms with E-state index in [1.807, 2.05) is 61.5 Å². The third-order valence-electron chi connectivity index (χ3n) is 4.97. The Balaban J connectivity index is 1.43. The fourth-order valence-corrected chi connectivity index (χ4v) is 3.47. The molecule has 1 aliphatic heterocycles. The number of anilines is 2. The topological polar surface area (TPSA) is 67.9 Å². The predicted octanol–water partition coefficient (Wildman–Crippen LogP) is 3.98. The smallest absolute Gasteiger partial charge is 0.265 e. The van der Waals surface area contributed by atoms with Crippen LogP contribution in [0, 0.1) is 6.92 Å². The van der Waals surface area contributed by atoms with Gasteiger partial charge in [0.15, 0.2) is 6.61 Å². The van der Waals surface area contributed by atoms with Crippen molar-refractivity contribution in [2.24, 2.45) is 0 Å². The number of rotatable bonds is 7. The molecule has 0 fully saturated rings. The Morgan fingerprint density at radius 3 is 2.71 bits per heavy atom. The van der Waals surface area contributed by atoms with Crippen LogP contribution in [0.5, 0.6) is 11.5 Å². The molecule has 0 radical (unpaired) electrons. The van der Waals surface area contributed by atoms with E-state index in [-0.39, 0.29) is 24.8 Å². The minimum absolute atomic E-state index is 0.0167. The first kappa shape index (κ1) is 20.5. The average Bonchev–Trinajstić information content (AvgIpc) is 2.76. The number of carbonyl (C=O) groups is 2. The molecule has 0 bridgehead atoms. The van der Waals surface area contributed by atoms with Crippen LogP contribution in [0.4, 0.5) is 11.4 Å². The third kappa shape index (κ3) is 5.22. The molecule has 0 saturated carbocycles. The summed E-state index contributed by atoms with van der Waals surface area (Å²) in [4.78, 5) is 26.5. The monoisotopic (exact) mass is 416 g/mol. The van der Waals surface area contributed by atoms with Crippen LogP contribution in [0.2, 0.25) is 0 Å². The summed E-state index contributed by atoms with van der Waals surface area (Å²) in [7, 11) is 0. The number of nitrogens with one attached hydrogen (secondary N) is 1. The van der Waals surface area contributed by atoms with Crippen LogP contribution in [0.3, 0.4) is 0 Å². The van der Waals surface area contributed by atoms with Gasteiger partial charge < -0.3 is 19.7 Å². The lowest BCUT2D eigenvalue weighted by Gasteiger charge is -2.29. The van der Waals surface area contributed by atoms with Crippen LogP contribution in [-0.2, 0) is 16.0 Å². The maximum Gasteiger partial charge on any atom is 0.265 e. The van der Waals surface area contributed by atoms with Gasteiger partial charge in [-0.25, -0.2) is 0 Å². The molecule has 0 atom stereocenters. The van der Waals surface area contributed by atoms with E-state index >= 15 is 0 Å². The molecule has 3 aromatic carbocycles. The Morgan fingerprint density at radius 2 is 1.90 bits per heavy atom. The standard InChI is InChI=1S/C25H24N2O4/c1-18-6-5-9-21(14-18)30-13-12-27-22-16-20(10-11-23(22)31-17-25(27)29)26-24(28)15-19-7-3-2-4-8-19/h2-11,14,16H,12-13,15,17H2,1H3,(H,26,28). The van der Waals surface area contributed by atoms with Gasteiger partial charge in [0, 0.05) is 5.69 Å². The van der Waals surface area contributed by atoms with Crippen LogP contribution in [0.25, 0.3) is 0 Å². The SMILES string of the molecule is Cc1cccc(OCCN2C(=O)COc3ccc(NC(=O)Cc4ccccc4)cc32)c1. The summed E-state index contributed by atoms with van der Waals surface area (Å²) in [6.45, 7) is 2.71. The molecule has 1 aliphatic rings. The van der Waals surface area contributed by atoms with Crippen molar-refractivity contribution in [1.82, 2.24) is 0 Å². The van der Waals surface area contributed by atoms with E-state index in [4.69, 9.17) is 9.47 Å². The lowest BCUT2D eigenvalue weighted by Crippen LogP contribution is -2.41. The second kappa shape index (κ2) is 9.34. The minimum Gasteiger partial charge on any atom is -0.492 e. The van der Waals surface area contributed by atoms with Gasteiger partial charge in [-0.3, -0.25) is 9.59 Å². The van der Waals surface area contributed by atoms with Crippen LogP contribution in [0.1, 0.15) is 11.1 Å². The number of ether oxygens (including phenoxy) is 2. The number of fused-ring (bicyclic) bond motifs is 1. The predicted molar refractivity (Wildman–Crippen MR) is 120 cm³/mol. The molecule has 0 aromatic heterocycles. The molecule has 0 saturated heterocycles. The number of amides is 2. The van der Waals surface area contributed by atoms with Crippen molar-refractivity contribution in [3.05, 3.63) is 83.9 Å². The van der Waals surface area contributed by atoms with Crippen molar-refractivity contribution < 1.29 is 19.1 Å². The lowest BCUT2D eigenvalue weighted by atomic mass is 10.1. The van der Waals surface area contributed by atoms with Crippen molar-refractivity contribution in [2.45, 2.75) is 13.3 Å². The Hall–Kier alpha value is -3.80. The molecule has 1 heterocycles. The number of hydrogen-bond donors (Lipinski definition) is 1. The summed E-state index contributed by atoms with van der Waals surface area (Å²) in [5, 5.41) is 2.90. The summed E-state index contributed by atoms with van der Waals surface area (Å²) >= 11 is 0. The molecule has 1 N–H and O–H groups in total. The molecule has 0 spiro atoms. The van der Waals surface area contributed by atoms with E-state index in [1.54, 1.807) is 23.1 Å². The molecule has 4 rings (SSSR count). The molecule has 0 unspecified atom stereocenters. The molecule has 6 nitrogen and oxygen atoms in total. The quantitative estimate of drug-likeness (QED) is 0.633. The lowest BCUT2D eigenvalue weighted by molar-refractivity contribution is -0.121. The number of carbonyl (C=O) groups excluding carboxylic acids is 2. The van der Waals surface area contributed by atoms with E-state index in [0.29, 0.717) is 30.3 Å². The van der Waals surface area contributed by atoms with Gasteiger partial charge in [-0.1, -0.05) is 42.5 Å². The van der Waals surface area contributed by atoms with E-state index in [9.17, 15) is 9.59 Å². The number of hydrogen-bond acceptors (Lipinski definition) is 4. The van der Waals surface area contributed by atoms with Crippen molar-refractivity contribution >= 4 is 23.2 Å². The highest BCUT2D eigenvalue weighted by Crippen LogP contribution is 2.34. The van der Waals surface area contributed by atoms with Gasteiger partial charge in [0.05, 0.1) is 18.7 Å². The second-order valence-electron chi connectivity index (χ2n) is 7.39. The Kier molecular flexibility index (Phi) is 6.17. The van der Waals surface area contributed by atoms with Gasteiger partial charge in [-0.2, -0.15) is 0 Å². The van der Waals surface area contributed by atoms with Crippen LogP contribution in [-0.4, -0.2) is 31.6 Å². The van der Waals surface area contributed by atoms with Crippen LogP contribution >= 0.6 is 0 Å². The molecule has 6 heteroatoms. The average molecular weight is 416 g/mol. The molecular weight excluding hydrogens is 392 g/mol. The van der Waals surface area contributed by atoms with Gasteiger partial charge in [0.2, 0.25) is 5.91 Å². The first-order valence-electron chi connectivity index (χ1n) is 10.2. The van der Waals surface area contributed by atoms with E-state index in [0.717, 1.165) is 16.9 Å². The summed E-state index contributed by atoms with van der Waals surface area (Å²) in [6, 6.07) is 22.6. The van der Waals surface area contributed by atoms with Gasteiger partial charge in [-0.15, -0.1) is 0 Å². The van der Waals surface area contributed by atoms with Crippen molar-refractivity contribution in [2.75, 3.05) is 30.0 Å². The maximum absolute atomic E-state index is 12.5. The fourth-order valence-electron chi connectivity index (χ4n) is 3.47. The van der Waals surface area contributed by atoms with E-state index < -0.39 is 0 Å². The minimum atomic E-state index is -0.145. The number of aryl methyl sites for hydroxylation is 1. The highest BCUT2D eigenvalue weighted by atomic mass is 16.5. The first-order chi connectivity index (χ1) is 15.1. The third-order valence-corrected chi connectivity index (χ3v) is 4.97. The molecule has 31 heavy (non-hydrogen) atoms. The second-order valence-corrected chi connectivity index (χ2v) is 7.39. The highest BCUT2D eigenvalue weighted by Gasteiger charge is 2.26. The summed E-state index contributed by atoms with van der Waals surface area (Å²) < 4.78 is 11.4. The van der Waals surface area contributed by atoms with Gasteiger partial charge in [0.1, 0.15) is 18.1 Å². The first-order valence-corrected chi connectivity index (χ1v) is 10.2. The van der Waals surface area contributed by atoms with Crippen LogP contribution < -0.4 is 19.7 Å². The summed E-state index contributed by atoms with van der Waals surface area (Å²) in [5.74, 6) is 1.11. The van der Waals surface area contributed by atoms with Gasteiger partial charge >= 0.3 is 0 Å². The highest BCUT2D eigenvalue weighted by molar-refractivity contribution is 5.99. The normalized spacial score (nSPS) is 12.7. The van der Waals surface area contributed by atoms with E-state index in [2.05, 4.69) is 5.32 Å². The molecule has 158 valence electrons. The van der Waals surface area contributed by atoms with Crippen molar-refractivity contribution in [3.63, 3.8) is 0 Å². The zero-order chi connectivity index (χ0) is 21.6. The molecule has 0 aliphatic carbocycles. The number of benzene rings is 3. The largest absolute Gasteiger partial charge is 0.492 e. The molecule has 2 amide bonds. The Bertz CT molecular complexity index is 1080. The van der Waals surface area contributed by atoms with E-state index in [1.165, 1.54) is 0 Å². The summed E-state index contributed by atoms with van der Waals surface area (Å²) in [6.07, 6.45) is 0.279. The fraction of sp³-hybridized carbons (Fsp3) is 0.200. The van der Waals surface area contributed by atoms with Crippen molar-refractivity contribution in [1.29, 1.82) is 0 Å². The Morgan fingerprint density at radius 1 is 1.06 bits per heavy atom.